The molecule has 0 aromatic carbocycles. The highest BCUT2D eigenvalue weighted by Crippen LogP contribution is 2.35. The molecule has 0 aliphatic heterocycles. The third-order valence-electron chi connectivity index (χ3n) is 4.69. The van der Waals surface area contributed by atoms with Crippen LogP contribution in [-0.2, 0) is 6.42 Å². The topological polar surface area (TPSA) is 76.7 Å². The van der Waals surface area contributed by atoms with Crippen LogP contribution in [0.3, 0.4) is 0 Å². The maximum absolute atomic E-state index is 5.23. The summed E-state index contributed by atoms with van der Waals surface area (Å²) in [5.41, 5.74) is 6.10. The van der Waals surface area contributed by atoms with E-state index >= 15 is 0 Å². The van der Waals surface area contributed by atoms with Crippen LogP contribution in [0.25, 0.3) is 21.8 Å². The smallest absolute Gasteiger partial charge is 0.223 e. The van der Waals surface area contributed by atoms with Crippen molar-refractivity contribution in [2.45, 2.75) is 34.1 Å². The molecule has 0 fully saturated rings. The molecule has 4 aromatic heterocycles. The Kier molecular flexibility index (Phi) is 5.23. The van der Waals surface area contributed by atoms with Crippen molar-refractivity contribution in [3.63, 3.8) is 0 Å². The SMILES string of the molecule is Cc1nc(-c2nc(NCCc3c(C)noc3C)ncc2-c2ccsc2)sc1C. The van der Waals surface area contributed by atoms with Gasteiger partial charge in [-0.1, -0.05) is 5.16 Å². The Hall–Kier alpha value is -2.58. The summed E-state index contributed by atoms with van der Waals surface area (Å²) in [5, 5.41) is 12.4. The summed E-state index contributed by atoms with van der Waals surface area (Å²) in [6.45, 7) is 8.72. The molecule has 1 N–H and O–H groups in total. The van der Waals surface area contributed by atoms with Gasteiger partial charge in [0, 0.05) is 28.7 Å². The number of rotatable bonds is 6. The summed E-state index contributed by atoms with van der Waals surface area (Å²) in [5.74, 6) is 1.47. The second-order valence-electron chi connectivity index (χ2n) is 6.61. The molecule has 0 unspecified atom stereocenters. The number of hydrogen-bond acceptors (Lipinski definition) is 8. The maximum Gasteiger partial charge on any atom is 0.223 e. The Bertz CT molecular complexity index is 1060. The molecule has 0 spiro atoms. The molecule has 0 bridgehead atoms. The minimum atomic E-state index is 0.603. The highest BCUT2D eigenvalue weighted by molar-refractivity contribution is 7.15. The van der Waals surface area contributed by atoms with Gasteiger partial charge < -0.3 is 9.84 Å². The lowest BCUT2D eigenvalue weighted by Gasteiger charge is -2.09. The van der Waals surface area contributed by atoms with Gasteiger partial charge in [-0.25, -0.2) is 15.0 Å². The lowest BCUT2D eigenvalue weighted by molar-refractivity contribution is 0.392. The number of nitrogens with one attached hydrogen (secondary N) is 1. The maximum atomic E-state index is 5.23. The van der Waals surface area contributed by atoms with Crippen molar-refractivity contribution in [1.82, 2.24) is 20.1 Å². The third kappa shape index (κ3) is 3.70. The Morgan fingerprint density at radius 2 is 1.96 bits per heavy atom. The first-order valence-electron chi connectivity index (χ1n) is 9.02. The van der Waals surface area contributed by atoms with Crippen molar-refractivity contribution in [1.29, 1.82) is 0 Å². The van der Waals surface area contributed by atoms with Crippen molar-refractivity contribution >= 4 is 28.6 Å². The molecule has 6 nitrogen and oxygen atoms in total. The molecule has 4 heterocycles. The zero-order chi connectivity index (χ0) is 19.7. The molecule has 4 aromatic rings. The number of anilines is 1. The van der Waals surface area contributed by atoms with Crippen molar-refractivity contribution < 1.29 is 4.52 Å². The number of thiophene rings is 1. The first-order chi connectivity index (χ1) is 13.5. The molecular formula is C20H21N5OS2. The second-order valence-corrected chi connectivity index (χ2v) is 8.59. The molecule has 0 aliphatic rings. The van der Waals surface area contributed by atoms with E-state index in [-0.39, 0.29) is 0 Å². The number of hydrogen-bond donors (Lipinski definition) is 1. The highest BCUT2D eigenvalue weighted by Gasteiger charge is 2.16. The van der Waals surface area contributed by atoms with Gasteiger partial charge in [-0.2, -0.15) is 11.3 Å². The van der Waals surface area contributed by atoms with Gasteiger partial charge in [0.05, 0.1) is 11.4 Å². The Morgan fingerprint density at radius 3 is 2.61 bits per heavy atom. The minimum Gasteiger partial charge on any atom is -0.361 e. The summed E-state index contributed by atoms with van der Waals surface area (Å²) in [4.78, 5) is 15.3. The fraction of sp³-hybridized carbons (Fsp3) is 0.300. The van der Waals surface area contributed by atoms with Crippen LogP contribution in [0.4, 0.5) is 5.95 Å². The van der Waals surface area contributed by atoms with E-state index in [1.807, 2.05) is 27.0 Å². The van der Waals surface area contributed by atoms with Crippen LogP contribution in [0.2, 0.25) is 0 Å². The monoisotopic (exact) mass is 411 g/mol. The molecule has 4 rings (SSSR count). The minimum absolute atomic E-state index is 0.603. The summed E-state index contributed by atoms with van der Waals surface area (Å²) in [7, 11) is 0. The molecule has 0 aliphatic carbocycles. The Balaban J connectivity index is 1.61. The van der Waals surface area contributed by atoms with E-state index in [2.05, 4.69) is 39.2 Å². The van der Waals surface area contributed by atoms with Crippen LogP contribution in [0, 0.1) is 27.7 Å². The molecule has 0 saturated heterocycles. The quantitative estimate of drug-likeness (QED) is 0.470. The summed E-state index contributed by atoms with van der Waals surface area (Å²) >= 11 is 3.33. The van der Waals surface area contributed by atoms with Gasteiger partial charge in [0.2, 0.25) is 5.95 Å². The number of nitrogens with zero attached hydrogens (tertiary/aromatic N) is 4. The largest absolute Gasteiger partial charge is 0.361 e. The highest BCUT2D eigenvalue weighted by atomic mass is 32.1. The van der Waals surface area contributed by atoms with E-state index < -0.39 is 0 Å². The summed E-state index contributed by atoms with van der Waals surface area (Å²) in [6, 6.07) is 2.09. The molecule has 8 heteroatoms. The van der Waals surface area contributed by atoms with Crippen LogP contribution < -0.4 is 5.32 Å². The van der Waals surface area contributed by atoms with E-state index in [9.17, 15) is 0 Å². The van der Waals surface area contributed by atoms with Crippen LogP contribution in [-0.4, -0.2) is 26.7 Å². The number of aryl methyl sites for hydroxylation is 4. The van der Waals surface area contributed by atoms with Gasteiger partial charge in [-0.3, -0.25) is 0 Å². The lowest BCUT2D eigenvalue weighted by atomic mass is 10.1. The van der Waals surface area contributed by atoms with Crippen molar-refractivity contribution in [2.24, 2.45) is 0 Å². The molecule has 0 atom stereocenters. The predicted octanol–water partition coefficient (Wildman–Crippen LogP) is 5.20. The average molecular weight is 412 g/mol. The molecule has 28 heavy (non-hydrogen) atoms. The normalized spacial score (nSPS) is 11.1. The first kappa shape index (κ1) is 18.8. The van der Waals surface area contributed by atoms with E-state index in [1.54, 1.807) is 22.7 Å². The average Bonchev–Trinajstić information content (AvgIpc) is 3.40. The van der Waals surface area contributed by atoms with E-state index in [1.165, 1.54) is 4.88 Å². The van der Waals surface area contributed by atoms with Crippen molar-refractivity contribution in [2.75, 3.05) is 11.9 Å². The second kappa shape index (κ2) is 7.81. The van der Waals surface area contributed by atoms with E-state index in [0.717, 1.165) is 51.0 Å². The Morgan fingerprint density at radius 1 is 1.11 bits per heavy atom. The van der Waals surface area contributed by atoms with Crippen molar-refractivity contribution in [3.8, 4) is 21.8 Å². The lowest BCUT2D eigenvalue weighted by Crippen LogP contribution is -2.09. The van der Waals surface area contributed by atoms with Crippen LogP contribution >= 0.6 is 22.7 Å². The zero-order valence-corrected chi connectivity index (χ0v) is 17.9. The number of thiazole rings is 1. The molecule has 0 saturated carbocycles. The van der Waals surface area contributed by atoms with Crippen LogP contribution in [0.1, 0.15) is 27.6 Å². The van der Waals surface area contributed by atoms with Gasteiger partial charge in [-0.15, -0.1) is 11.3 Å². The fourth-order valence-corrected chi connectivity index (χ4v) is 4.57. The molecule has 144 valence electrons. The van der Waals surface area contributed by atoms with Crippen LogP contribution in [0.5, 0.6) is 0 Å². The Labute approximate surface area is 171 Å². The summed E-state index contributed by atoms with van der Waals surface area (Å²) < 4.78 is 5.23. The van der Waals surface area contributed by atoms with Crippen molar-refractivity contribution in [3.05, 3.63) is 50.6 Å². The van der Waals surface area contributed by atoms with E-state index in [4.69, 9.17) is 14.5 Å². The van der Waals surface area contributed by atoms with Gasteiger partial charge in [0.1, 0.15) is 16.5 Å². The first-order valence-corrected chi connectivity index (χ1v) is 10.8. The fourth-order valence-electron chi connectivity index (χ4n) is 2.99. The predicted molar refractivity (Wildman–Crippen MR) is 114 cm³/mol. The molecular weight excluding hydrogens is 390 g/mol. The summed E-state index contributed by atoms with van der Waals surface area (Å²) in [6.07, 6.45) is 2.69. The molecule has 0 radical (unpaired) electrons. The van der Waals surface area contributed by atoms with Gasteiger partial charge in [0.25, 0.3) is 0 Å². The standard InChI is InChI=1S/C20H21N5OS2/c1-11-14(4)28-19(23-11)18-17(15-6-8-27-10-15)9-22-20(24-18)21-7-5-16-12(2)25-26-13(16)3/h6,8-10H,5,7H2,1-4H3,(H,21,22,24). The van der Waals surface area contributed by atoms with Gasteiger partial charge in [0.15, 0.2) is 0 Å². The number of aromatic nitrogens is 4. The van der Waals surface area contributed by atoms with Crippen LogP contribution in [0.15, 0.2) is 27.5 Å². The van der Waals surface area contributed by atoms with E-state index in [0.29, 0.717) is 12.5 Å². The molecule has 0 amide bonds. The third-order valence-corrected chi connectivity index (χ3v) is 6.45. The zero-order valence-electron chi connectivity index (χ0n) is 16.2. The van der Waals surface area contributed by atoms with Gasteiger partial charge in [-0.05, 0) is 56.5 Å². The van der Waals surface area contributed by atoms with Gasteiger partial charge >= 0.3 is 0 Å².